The number of carbonyl (C=O) groups is 4. The molecule has 4 unspecified atom stereocenters. The number of aliphatic hydroxyl groups is 2. The Morgan fingerprint density at radius 1 is 1.09 bits per heavy atom. The van der Waals surface area contributed by atoms with Gasteiger partial charge >= 0.3 is 5.97 Å². The highest BCUT2D eigenvalue weighted by Crippen LogP contribution is 2.19. The van der Waals surface area contributed by atoms with Crippen molar-refractivity contribution in [1.82, 2.24) is 20.9 Å². The summed E-state index contributed by atoms with van der Waals surface area (Å²) >= 11 is 0. The van der Waals surface area contributed by atoms with E-state index in [4.69, 9.17) is 15.9 Å². The van der Waals surface area contributed by atoms with Crippen LogP contribution < -0.4 is 21.7 Å². The van der Waals surface area contributed by atoms with Crippen LogP contribution in [-0.2, 0) is 25.6 Å². The Balaban J connectivity index is 2.24. The summed E-state index contributed by atoms with van der Waals surface area (Å²) in [5.41, 5.74) is 7.05. The van der Waals surface area contributed by atoms with E-state index < -0.39 is 61.1 Å². The van der Waals surface area contributed by atoms with Crippen molar-refractivity contribution in [2.45, 2.75) is 37.6 Å². The topological polar surface area (TPSA) is 207 Å². The number of hydrogen-bond acceptors (Lipinski definition) is 7. The van der Waals surface area contributed by atoms with E-state index in [1.165, 1.54) is 6.92 Å². The molecule has 12 nitrogen and oxygen atoms in total. The zero-order chi connectivity index (χ0) is 23.8. The largest absolute Gasteiger partial charge is 0.480 e. The van der Waals surface area contributed by atoms with E-state index in [1.807, 2.05) is 24.3 Å². The van der Waals surface area contributed by atoms with Crippen LogP contribution in [0.3, 0.4) is 0 Å². The van der Waals surface area contributed by atoms with Crippen LogP contribution in [0.4, 0.5) is 0 Å². The van der Waals surface area contributed by atoms with Gasteiger partial charge in [0.1, 0.15) is 24.7 Å². The van der Waals surface area contributed by atoms with Crippen LogP contribution in [0, 0.1) is 0 Å². The zero-order valence-corrected chi connectivity index (χ0v) is 17.4. The lowest BCUT2D eigenvalue weighted by Crippen LogP contribution is -2.59. The summed E-state index contributed by atoms with van der Waals surface area (Å²) in [5, 5.41) is 35.4. The molecule has 9 N–H and O–H groups in total. The van der Waals surface area contributed by atoms with Crippen molar-refractivity contribution < 1.29 is 34.5 Å². The van der Waals surface area contributed by atoms with E-state index in [0.717, 1.165) is 10.9 Å². The molecule has 0 aliphatic carbocycles. The molecule has 174 valence electrons. The van der Waals surface area contributed by atoms with Gasteiger partial charge < -0.3 is 42.0 Å². The number of nitrogens with one attached hydrogen (secondary N) is 4. The quantitative estimate of drug-likeness (QED) is 0.185. The molecular weight excluding hydrogens is 422 g/mol. The predicted octanol–water partition coefficient (Wildman–Crippen LogP) is -2.42. The highest BCUT2D eigenvalue weighted by Gasteiger charge is 2.31. The number of carboxylic acid groups (broad SMARTS) is 1. The molecule has 0 fully saturated rings. The van der Waals surface area contributed by atoms with Crippen LogP contribution in [0.1, 0.15) is 12.5 Å². The van der Waals surface area contributed by atoms with Crippen molar-refractivity contribution in [3.05, 3.63) is 36.0 Å². The van der Waals surface area contributed by atoms with Gasteiger partial charge in [-0.25, -0.2) is 0 Å². The molecule has 0 bridgehead atoms. The minimum Gasteiger partial charge on any atom is -0.480 e. The molecule has 1 heterocycles. The van der Waals surface area contributed by atoms with Gasteiger partial charge in [-0.05, 0) is 18.6 Å². The van der Waals surface area contributed by atoms with Crippen LogP contribution in [0.5, 0.6) is 0 Å². The number of aliphatic carboxylic acids is 1. The summed E-state index contributed by atoms with van der Waals surface area (Å²) < 4.78 is 0. The molecule has 2 rings (SSSR count). The molecule has 0 aliphatic rings. The number of fused-ring (bicyclic) bond motifs is 1. The number of para-hydroxylation sites is 1. The van der Waals surface area contributed by atoms with Crippen LogP contribution >= 0.6 is 0 Å². The highest BCUT2D eigenvalue weighted by atomic mass is 16.4. The molecule has 12 heteroatoms. The number of nitrogens with two attached hydrogens (primary N) is 1. The number of carboxylic acids is 1. The molecule has 2 aromatic rings. The van der Waals surface area contributed by atoms with Gasteiger partial charge in [0.15, 0.2) is 0 Å². The lowest BCUT2D eigenvalue weighted by molar-refractivity contribution is -0.139. The Morgan fingerprint density at radius 2 is 1.78 bits per heavy atom. The van der Waals surface area contributed by atoms with Crippen molar-refractivity contribution in [1.29, 1.82) is 0 Å². The normalized spacial score (nSPS) is 14.8. The first kappa shape index (κ1) is 24.8. The monoisotopic (exact) mass is 449 g/mol. The Labute approximate surface area is 183 Å². The first-order valence-electron chi connectivity index (χ1n) is 9.83. The number of rotatable bonds is 11. The average molecular weight is 449 g/mol. The van der Waals surface area contributed by atoms with Crippen molar-refractivity contribution in [2.75, 3.05) is 13.2 Å². The zero-order valence-electron chi connectivity index (χ0n) is 17.4. The Kier molecular flexibility index (Phi) is 8.70. The van der Waals surface area contributed by atoms with E-state index >= 15 is 0 Å². The van der Waals surface area contributed by atoms with Crippen molar-refractivity contribution in [3.63, 3.8) is 0 Å². The smallest absolute Gasteiger partial charge is 0.322 e. The second-order valence-corrected chi connectivity index (χ2v) is 7.25. The lowest BCUT2D eigenvalue weighted by atomic mass is 10.0. The predicted molar refractivity (Wildman–Crippen MR) is 113 cm³/mol. The van der Waals surface area contributed by atoms with Crippen molar-refractivity contribution in [3.8, 4) is 0 Å². The number of carbonyl (C=O) groups excluding carboxylic acids is 3. The van der Waals surface area contributed by atoms with Gasteiger partial charge in [0.2, 0.25) is 17.7 Å². The highest BCUT2D eigenvalue weighted by molar-refractivity contribution is 5.94. The molecule has 1 aromatic heterocycles. The summed E-state index contributed by atoms with van der Waals surface area (Å²) in [6.45, 7) is -0.0832. The molecule has 3 amide bonds. The first-order chi connectivity index (χ1) is 15.1. The fourth-order valence-electron chi connectivity index (χ4n) is 3.02. The van der Waals surface area contributed by atoms with Gasteiger partial charge in [-0.15, -0.1) is 0 Å². The minimum absolute atomic E-state index is 0.0169. The van der Waals surface area contributed by atoms with E-state index in [2.05, 4.69) is 20.9 Å². The Morgan fingerprint density at radius 3 is 2.41 bits per heavy atom. The van der Waals surface area contributed by atoms with E-state index in [9.17, 15) is 24.3 Å². The van der Waals surface area contributed by atoms with Gasteiger partial charge in [-0.1, -0.05) is 18.2 Å². The number of hydrogen-bond donors (Lipinski definition) is 8. The molecule has 0 radical (unpaired) electrons. The van der Waals surface area contributed by atoms with Gasteiger partial charge in [-0.3, -0.25) is 19.2 Å². The number of amides is 3. The minimum atomic E-state index is -1.46. The summed E-state index contributed by atoms with van der Waals surface area (Å²) in [5.74, 6) is -3.78. The van der Waals surface area contributed by atoms with E-state index in [0.29, 0.717) is 5.56 Å². The molecule has 0 spiro atoms. The van der Waals surface area contributed by atoms with Gasteiger partial charge in [0.25, 0.3) is 0 Å². The fourth-order valence-corrected chi connectivity index (χ4v) is 3.02. The van der Waals surface area contributed by atoms with Crippen LogP contribution in [0.15, 0.2) is 30.5 Å². The van der Waals surface area contributed by atoms with Gasteiger partial charge in [0.05, 0.1) is 12.7 Å². The van der Waals surface area contributed by atoms with Crippen LogP contribution in [0.25, 0.3) is 10.9 Å². The number of aliphatic hydroxyl groups excluding tert-OH is 2. The summed E-state index contributed by atoms with van der Waals surface area (Å²) in [7, 11) is 0. The standard InChI is InChI=1S/C20H27N5O7/c1-10(27)17(20(32)23-8-16(28)29)25-19(31)15(24-18(30)13(21)9-26)6-11-7-22-14-5-3-2-4-12(11)14/h2-5,7,10,13,15,17,22,26-27H,6,8-9,21H2,1H3,(H,23,32)(H,24,30)(H,25,31)(H,28,29). The molecule has 32 heavy (non-hydrogen) atoms. The first-order valence-corrected chi connectivity index (χ1v) is 9.83. The molecular formula is C20H27N5O7. The number of aromatic amines is 1. The molecule has 0 aliphatic heterocycles. The Bertz CT molecular complexity index is 974. The molecule has 4 atom stereocenters. The third-order valence-corrected chi connectivity index (χ3v) is 4.74. The second kappa shape index (κ2) is 11.2. The SMILES string of the molecule is CC(O)C(NC(=O)C(Cc1c[nH]c2ccccc12)NC(=O)C(N)CO)C(=O)NCC(=O)O. The third kappa shape index (κ3) is 6.51. The lowest BCUT2D eigenvalue weighted by Gasteiger charge is -2.25. The molecule has 0 saturated carbocycles. The summed E-state index contributed by atoms with van der Waals surface area (Å²) in [6, 6.07) is 3.38. The van der Waals surface area contributed by atoms with Crippen molar-refractivity contribution in [2.24, 2.45) is 5.73 Å². The maximum absolute atomic E-state index is 13.0. The Hall–Kier alpha value is -3.48. The van der Waals surface area contributed by atoms with Crippen LogP contribution in [-0.4, -0.2) is 81.4 Å². The number of aromatic nitrogens is 1. The maximum Gasteiger partial charge on any atom is 0.322 e. The summed E-state index contributed by atoms with van der Waals surface area (Å²) in [4.78, 5) is 51.2. The van der Waals surface area contributed by atoms with Crippen LogP contribution in [0.2, 0.25) is 0 Å². The van der Waals surface area contributed by atoms with E-state index in [-0.39, 0.29) is 6.42 Å². The molecule has 1 aromatic carbocycles. The average Bonchev–Trinajstić information content (AvgIpc) is 3.17. The van der Waals surface area contributed by atoms with Gasteiger partial charge in [-0.2, -0.15) is 0 Å². The number of benzene rings is 1. The second-order valence-electron chi connectivity index (χ2n) is 7.25. The third-order valence-electron chi connectivity index (χ3n) is 4.74. The number of H-pyrrole nitrogens is 1. The van der Waals surface area contributed by atoms with Crippen molar-refractivity contribution >= 4 is 34.6 Å². The summed E-state index contributed by atoms with van der Waals surface area (Å²) in [6.07, 6.45) is 0.342. The van der Waals surface area contributed by atoms with Gasteiger partial charge in [0, 0.05) is 23.5 Å². The fraction of sp³-hybridized carbons (Fsp3) is 0.400. The maximum atomic E-state index is 13.0. The molecule has 0 saturated heterocycles. The van der Waals surface area contributed by atoms with E-state index in [1.54, 1.807) is 6.20 Å².